The van der Waals surface area contributed by atoms with Gasteiger partial charge in [0.1, 0.15) is 6.04 Å². The number of hydrogen-bond donors (Lipinski definition) is 2. The van der Waals surface area contributed by atoms with Crippen LogP contribution in [0.15, 0.2) is 42.7 Å². The number of likely N-dealkylation sites (tertiary alicyclic amines) is 1. The first kappa shape index (κ1) is 24.8. The molecule has 36 heavy (non-hydrogen) atoms. The Morgan fingerprint density at radius 1 is 1.03 bits per heavy atom. The van der Waals surface area contributed by atoms with Crippen LogP contribution in [0.5, 0.6) is 0 Å². The zero-order chi connectivity index (χ0) is 25.1. The first-order valence-electron chi connectivity index (χ1n) is 13.7. The van der Waals surface area contributed by atoms with Crippen LogP contribution in [0.1, 0.15) is 69.0 Å². The topological polar surface area (TPSA) is 77.6 Å². The fourth-order valence-electron chi connectivity index (χ4n) is 6.20. The molecule has 5 rings (SSSR count). The molecule has 2 amide bonds. The summed E-state index contributed by atoms with van der Waals surface area (Å²) in [6, 6.07) is 9.95. The maximum absolute atomic E-state index is 14.0. The van der Waals surface area contributed by atoms with E-state index in [-0.39, 0.29) is 29.8 Å². The molecule has 2 aromatic rings. The number of carbonyl (C=O) groups excluding carboxylic acids is 2. The minimum Gasteiger partial charge on any atom is -0.343 e. The first-order chi connectivity index (χ1) is 17.6. The van der Waals surface area contributed by atoms with Crippen molar-refractivity contribution in [2.24, 2.45) is 5.92 Å². The number of nitrogens with one attached hydrogen (secondary N) is 2. The first-order valence-corrected chi connectivity index (χ1v) is 13.7. The highest BCUT2D eigenvalue weighted by atomic mass is 16.2. The third kappa shape index (κ3) is 4.99. The van der Waals surface area contributed by atoms with Crippen molar-refractivity contribution in [2.45, 2.75) is 76.4 Å². The molecule has 0 bridgehead atoms. The van der Waals surface area contributed by atoms with Gasteiger partial charge in [-0.05, 0) is 75.3 Å². The Morgan fingerprint density at radius 2 is 1.83 bits per heavy atom. The number of benzene rings is 1. The Kier molecular flexibility index (Phi) is 7.56. The number of rotatable bonds is 7. The SMILES string of the molecule is CN[C@@H](C)C(=O)N[C@@H](C(=O)N1CCC[C@H]1c1cncc(N2CCc3ccccc32)c1)C1CCCCC1. The lowest BCUT2D eigenvalue weighted by Crippen LogP contribution is -2.55. The van der Waals surface area contributed by atoms with Crippen LogP contribution in [0.4, 0.5) is 11.4 Å². The van der Waals surface area contributed by atoms with Gasteiger partial charge >= 0.3 is 0 Å². The Labute approximate surface area is 214 Å². The van der Waals surface area contributed by atoms with Crippen LogP contribution in [-0.4, -0.2) is 53.9 Å². The second-order valence-corrected chi connectivity index (χ2v) is 10.6. The van der Waals surface area contributed by atoms with Gasteiger partial charge in [-0.2, -0.15) is 0 Å². The molecule has 0 unspecified atom stereocenters. The second-order valence-electron chi connectivity index (χ2n) is 10.6. The Bertz CT molecular complexity index is 1080. The van der Waals surface area contributed by atoms with E-state index in [1.54, 1.807) is 7.05 Å². The summed E-state index contributed by atoms with van der Waals surface area (Å²) in [5.41, 5.74) is 4.77. The summed E-state index contributed by atoms with van der Waals surface area (Å²) in [5, 5.41) is 6.14. The molecule has 7 heteroatoms. The number of nitrogens with zero attached hydrogens (tertiary/aromatic N) is 3. The quantitative estimate of drug-likeness (QED) is 0.612. The number of aromatic nitrogens is 1. The molecule has 1 aromatic carbocycles. The zero-order valence-corrected chi connectivity index (χ0v) is 21.6. The Morgan fingerprint density at radius 3 is 2.64 bits per heavy atom. The van der Waals surface area contributed by atoms with E-state index in [2.05, 4.69) is 50.8 Å². The average Bonchev–Trinajstić information content (AvgIpc) is 3.59. The van der Waals surface area contributed by atoms with Gasteiger partial charge in [0.15, 0.2) is 0 Å². The summed E-state index contributed by atoms with van der Waals surface area (Å²) >= 11 is 0. The minimum absolute atomic E-state index is 0.00693. The van der Waals surface area contributed by atoms with Crippen LogP contribution >= 0.6 is 0 Å². The molecule has 3 aliphatic rings. The van der Waals surface area contributed by atoms with E-state index < -0.39 is 6.04 Å². The van der Waals surface area contributed by atoms with Crippen LogP contribution in [0.25, 0.3) is 0 Å². The molecule has 3 heterocycles. The number of pyridine rings is 1. The molecular formula is C29H39N5O2. The van der Waals surface area contributed by atoms with Gasteiger partial charge in [0, 0.05) is 25.0 Å². The van der Waals surface area contributed by atoms with E-state index in [1.807, 2.05) is 24.2 Å². The molecule has 192 valence electrons. The summed E-state index contributed by atoms with van der Waals surface area (Å²) in [7, 11) is 1.77. The summed E-state index contributed by atoms with van der Waals surface area (Å²) in [5.74, 6) is 0.164. The van der Waals surface area contributed by atoms with Crippen LogP contribution < -0.4 is 15.5 Å². The highest BCUT2D eigenvalue weighted by Crippen LogP contribution is 2.38. The number of para-hydroxylation sites is 1. The molecule has 1 saturated carbocycles. The van der Waals surface area contributed by atoms with Crippen molar-refractivity contribution in [3.63, 3.8) is 0 Å². The zero-order valence-electron chi connectivity index (χ0n) is 21.6. The van der Waals surface area contributed by atoms with Gasteiger partial charge in [-0.25, -0.2) is 0 Å². The molecule has 3 atom stereocenters. The number of fused-ring (bicyclic) bond motifs is 1. The van der Waals surface area contributed by atoms with Crippen molar-refractivity contribution in [1.29, 1.82) is 0 Å². The van der Waals surface area contributed by atoms with Crippen LogP contribution in [0.3, 0.4) is 0 Å². The van der Waals surface area contributed by atoms with Crippen molar-refractivity contribution < 1.29 is 9.59 Å². The molecule has 2 N–H and O–H groups in total. The summed E-state index contributed by atoms with van der Waals surface area (Å²) in [6.45, 7) is 3.50. The van der Waals surface area contributed by atoms with Crippen LogP contribution in [0.2, 0.25) is 0 Å². The van der Waals surface area contributed by atoms with E-state index >= 15 is 0 Å². The molecule has 1 aromatic heterocycles. The summed E-state index contributed by atoms with van der Waals surface area (Å²) in [4.78, 5) is 35.8. The molecule has 1 aliphatic carbocycles. The normalized spacial score (nSPS) is 21.8. The predicted octanol–water partition coefficient (Wildman–Crippen LogP) is 4.11. The van der Waals surface area contributed by atoms with Gasteiger partial charge in [-0.3, -0.25) is 14.6 Å². The van der Waals surface area contributed by atoms with Crippen LogP contribution in [0, 0.1) is 5.92 Å². The largest absolute Gasteiger partial charge is 0.343 e. The standard InChI is InChI=1S/C29H39N5O2/c1-20(30-2)28(35)32-27(22-10-4-3-5-11-22)29(36)34-15-8-13-26(34)23-17-24(19-31-18-23)33-16-14-21-9-6-7-12-25(21)33/h6-7,9,12,17-20,22,26-27,30H,3-5,8,10-11,13-16H2,1-2H3,(H,32,35)/t20-,26-,27+/m0/s1. The molecule has 2 fully saturated rings. The van der Waals surface area contributed by atoms with E-state index in [1.165, 1.54) is 17.7 Å². The maximum Gasteiger partial charge on any atom is 0.245 e. The number of likely N-dealkylation sites (N-methyl/N-ethyl adjacent to an activating group) is 1. The van der Waals surface area contributed by atoms with Gasteiger partial charge < -0.3 is 20.4 Å². The van der Waals surface area contributed by atoms with Gasteiger partial charge in [-0.1, -0.05) is 37.5 Å². The molecular weight excluding hydrogens is 450 g/mol. The average molecular weight is 490 g/mol. The number of hydrogen-bond acceptors (Lipinski definition) is 5. The monoisotopic (exact) mass is 489 g/mol. The van der Waals surface area contributed by atoms with E-state index in [0.29, 0.717) is 0 Å². The Balaban J connectivity index is 1.38. The van der Waals surface area contributed by atoms with E-state index in [9.17, 15) is 9.59 Å². The van der Waals surface area contributed by atoms with Crippen LogP contribution in [-0.2, 0) is 16.0 Å². The fourth-order valence-corrected chi connectivity index (χ4v) is 6.20. The molecule has 1 saturated heterocycles. The molecule has 2 aliphatic heterocycles. The lowest BCUT2D eigenvalue weighted by molar-refractivity contribution is -0.139. The van der Waals surface area contributed by atoms with Crippen molar-refractivity contribution in [1.82, 2.24) is 20.5 Å². The van der Waals surface area contributed by atoms with Gasteiger partial charge in [-0.15, -0.1) is 0 Å². The molecule has 0 spiro atoms. The molecule has 0 radical (unpaired) electrons. The highest BCUT2D eigenvalue weighted by Gasteiger charge is 2.39. The Hall–Kier alpha value is -2.93. The van der Waals surface area contributed by atoms with E-state index in [4.69, 9.17) is 0 Å². The fraction of sp³-hybridized carbons (Fsp3) is 0.552. The summed E-state index contributed by atoms with van der Waals surface area (Å²) < 4.78 is 0. The van der Waals surface area contributed by atoms with Gasteiger partial charge in [0.25, 0.3) is 0 Å². The van der Waals surface area contributed by atoms with Crippen molar-refractivity contribution in [3.05, 3.63) is 53.9 Å². The predicted molar refractivity (Wildman–Crippen MR) is 142 cm³/mol. The van der Waals surface area contributed by atoms with E-state index in [0.717, 1.165) is 69.3 Å². The third-order valence-corrected chi connectivity index (χ3v) is 8.38. The van der Waals surface area contributed by atoms with Gasteiger partial charge in [0.05, 0.1) is 24.0 Å². The number of carbonyl (C=O) groups is 2. The third-order valence-electron chi connectivity index (χ3n) is 8.38. The highest BCUT2D eigenvalue weighted by molar-refractivity contribution is 5.90. The lowest BCUT2D eigenvalue weighted by atomic mass is 9.83. The number of amides is 2. The van der Waals surface area contributed by atoms with Gasteiger partial charge in [0.2, 0.25) is 11.8 Å². The molecule has 7 nitrogen and oxygen atoms in total. The maximum atomic E-state index is 14.0. The van der Waals surface area contributed by atoms with Crippen molar-refractivity contribution >= 4 is 23.2 Å². The van der Waals surface area contributed by atoms with Crippen molar-refractivity contribution in [3.8, 4) is 0 Å². The van der Waals surface area contributed by atoms with Crippen molar-refractivity contribution in [2.75, 3.05) is 25.0 Å². The summed E-state index contributed by atoms with van der Waals surface area (Å²) in [6.07, 6.45) is 12.2. The minimum atomic E-state index is -0.462. The lowest BCUT2D eigenvalue weighted by Gasteiger charge is -2.35. The second kappa shape index (κ2) is 11.0. The smallest absolute Gasteiger partial charge is 0.245 e. The number of anilines is 2.